The molecule has 1 rings (SSSR count). The molecule has 0 fully saturated rings. The van der Waals surface area contributed by atoms with Crippen LogP contribution in [0.2, 0.25) is 0 Å². The van der Waals surface area contributed by atoms with Crippen molar-refractivity contribution in [3.05, 3.63) is 29.8 Å². The van der Waals surface area contributed by atoms with Crippen LogP contribution in [-0.2, 0) is 11.3 Å². The van der Waals surface area contributed by atoms with Crippen LogP contribution in [0.25, 0.3) is 0 Å². The van der Waals surface area contributed by atoms with Gasteiger partial charge in [0, 0.05) is 30.7 Å². The summed E-state index contributed by atoms with van der Waals surface area (Å²) in [5.74, 6) is 0.922. The lowest BCUT2D eigenvalue weighted by Crippen LogP contribution is -2.17. The predicted octanol–water partition coefficient (Wildman–Crippen LogP) is 2.02. The molecule has 0 saturated heterocycles. The fraction of sp³-hybridized carbons (Fsp3) is 0.462. The van der Waals surface area contributed by atoms with Crippen LogP contribution < -0.4 is 10.6 Å². The molecule has 0 saturated carbocycles. The lowest BCUT2D eigenvalue weighted by Gasteiger charge is -2.05. The average Bonchev–Trinajstić information content (AvgIpc) is 2.36. The first-order chi connectivity index (χ1) is 8.26. The molecule has 0 aliphatic rings. The number of carbonyl (C=O) groups excluding carboxylic acids is 1. The van der Waals surface area contributed by atoms with E-state index in [0.29, 0.717) is 6.42 Å². The molecule has 2 N–H and O–H groups in total. The van der Waals surface area contributed by atoms with E-state index in [2.05, 4.69) is 41.8 Å². The fourth-order valence-corrected chi connectivity index (χ4v) is 2.33. The first-order valence-electron chi connectivity index (χ1n) is 5.89. The molecule has 1 aromatic rings. The van der Waals surface area contributed by atoms with E-state index in [4.69, 9.17) is 0 Å². The molecule has 3 nitrogen and oxygen atoms in total. The second-order valence-corrected chi connectivity index (χ2v) is 4.87. The lowest BCUT2D eigenvalue weighted by atomic mass is 10.2. The molecule has 4 heteroatoms. The number of benzene rings is 1. The third-order valence-corrected chi connectivity index (χ3v) is 3.35. The highest BCUT2D eigenvalue weighted by Gasteiger charge is 2.00. The molecule has 0 bridgehead atoms. The number of rotatable bonds is 7. The van der Waals surface area contributed by atoms with Gasteiger partial charge in [-0.05, 0) is 24.2 Å². The largest absolute Gasteiger partial charge is 0.359 e. The van der Waals surface area contributed by atoms with Crippen molar-refractivity contribution in [1.29, 1.82) is 0 Å². The Bertz CT molecular complexity index is 355. The number of nitrogens with one attached hydrogen (secondary N) is 2. The molecule has 0 aromatic heterocycles. The van der Waals surface area contributed by atoms with Gasteiger partial charge in [0.25, 0.3) is 0 Å². The van der Waals surface area contributed by atoms with Gasteiger partial charge in [0.15, 0.2) is 0 Å². The number of amides is 1. The zero-order valence-corrected chi connectivity index (χ0v) is 11.3. The van der Waals surface area contributed by atoms with Gasteiger partial charge in [0.1, 0.15) is 0 Å². The Hall–Kier alpha value is -1.00. The maximum atomic E-state index is 11.1. The lowest BCUT2D eigenvalue weighted by molar-refractivity contribution is -0.120. The number of hydrogen-bond donors (Lipinski definition) is 2. The van der Waals surface area contributed by atoms with Crippen LogP contribution in [0.1, 0.15) is 18.9 Å². The van der Waals surface area contributed by atoms with E-state index in [0.717, 1.165) is 18.8 Å². The van der Waals surface area contributed by atoms with Crippen molar-refractivity contribution in [3.8, 4) is 0 Å². The summed E-state index contributed by atoms with van der Waals surface area (Å²) in [6, 6.07) is 8.45. The van der Waals surface area contributed by atoms with Crippen molar-refractivity contribution in [3.63, 3.8) is 0 Å². The molecular weight excluding hydrogens is 232 g/mol. The van der Waals surface area contributed by atoms with Gasteiger partial charge < -0.3 is 10.6 Å². The summed E-state index contributed by atoms with van der Waals surface area (Å²) in [7, 11) is 1.67. The van der Waals surface area contributed by atoms with Gasteiger partial charge in [-0.3, -0.25) is 4.79 Å². The van der Waals surface area contributed by atoms with Gasteiger partial charge in [-0.1, -0.05) is 19.1 Å². The quantitative estimate of drug-likeness (QED) is 0.730. The molecule has 1 amide bonds. The second-order valence-electron chi connectivity index (χ2n) is 3.70. The number of thioether (sulfide) groups is 1. The molecule has 0 aliphatic heterocycles. The highest BCUT2D eigenvalue weighted by molar-refractivity contribution is 7.99. The zero-order chi connectivity index (χ0) is 12.5. The molecule has 0 radical (unpaired) electrons. The van der Waals surface area contributed by atoms with E-state index in [-0.39, 0.29) is 5.91 Å². The van der Waals surface area contributed by atoms with Crippen LogP contribution in [0.5, 0.6) is 0 Å². The van der Waals surface area contributed by atoms with Crippen molar-refractivity contribution in [2.75, 3.05) is 19.3 Å². The van der Waals surface area contributed by atoms with E-state index in [1.807, 2.05) is 0 Å². The minimum absolute atomic E-state index is 0.0984. The maximum absolute atomic E-state index is 11.1. The summed E-state index contributed by atoms with van der Waals surface area (Å²) < 4.78 is 0. The van der Waals surface area contributed by atoms with Crippen LogP contribution in [0.15, 0.2) is 29.2 Å². The minimum Gasteiger partial charge on any atom is -0.359 e. The maximum Gasteiger partial charge on any atom is 0.220 e. The van der Waals surface area contributed by atoms with Gasteiger partial charge in [0.2, 0.25) is 5.91 Å². The van der Waals surface area contributed by atoms with E-state index in [1.165, 1.54) is 10.5 Å². The highest BCUT2D eigenvalue weighted by atomic mass is 32.2. The van der Waals surface area contributed by atoms with Crippen LogP contribution in [-0.4, -0.2) is 25.3 Å². The summed E-state index contributed by atoms with van der Waals surface area (Å²) >= 11 is 1.72. The number of hydrogen-bond acceptors (Lipinski definition) is 3. The highest BCUT2D eigenvalue weighted by Crippen LogP contribution is 2.19. The Morgan fingerprint density at radius 2 is 2.24 bits per heavy atom. The summed E-state index contributed by atoms with van der Waals surface area (Å²) in [4.78, 5) is 12.3. The fourth-order valence-electron chi connectivity index (χ4n) is 1.40. The van der Waals surface area contributed by atoms with Gasteiger partial charge in [-0.2, -0.15) is 0 Å². The summed E-state index contributed by atoms with van der Waals surface area (Å²) in [6.45, 7) is 3.98. The molecule has 0 spiro atoms. The van der Waals surface area contributed by atoms with Gasteiger partial charge in [-0.25, -0.2) is 0 Å². The van der Waals surface area contributed by atoms with Crippen LogP contribution in [0.3, 0.4) is 0 Å². The summed E-state index contributed by atoms with van der Waals surface area (Å²) in [6.07, 6.45) is 0.568. The normalized spacial score (nSPS) is 10.2. The average molecular weight is 252 g/mol. The summed E-state index contributed by atoms with van der Waals surface area (Å²) in [5.41, 5.74) is 1.29. The molecule has 17 heavy (non-hydrogen) atoms. The SMILES string of the molecule is CCNCc1cccc(SCCC(=O)NC)c1. The first kappa shape index (κ1) is 14.1. The van der Waals surface area contributed by atoms with E-state index < -0.39 is 0 Å². The smallest absolute Gasteiger partial charge is 0.220 e. The van der Waals surface area contributed by atoms with E-state index in [9.17, 15) is 4.79 Å². The molecule has 0 aliphatic carbocycles. The monoisotopic (exact) mass is 252 g/mol. The van der Waals surface area contributed by atoms with Crippen LogP contribution in [0.4, 0.5) is 0 Å². The Kier molecular flexibility index (Phi) is 6.74. The van der Waals surface area contributed by atoms with Crippen molar-refractivity contribution in [2.45, 2.75) is 24.8 Å². The van der Waals surface area contributed by atoms with Crippen molar-refractivity contribution in [2.24, 2.45) is 0 Å². The minimum atomic E-state index is 0.0984. The molecule has 0 atom stereocenters. The zero-order valence-electron chi connectivity index (χ0n) is 10.5. The molecule has 94 valence electrons. The second kappa shape index (κ2) is 8.14. The summed E-state index contributed by atoms with van der Waals surface area (Å²) in [5, 5.41) is 5.93. The number of carbonyl (C=O) groups is 1. The van der Waals surface area contributed by atoms with Crippen molar-refractivity contribution in [1.82, 2.24) is 10.6 Å². The third-order valence-electron chi connectivity index (χ3n) is 2.35. The third kappa shape index (κ3) is 5.75. The predicted molar refractivity (Wildman–Crippen MR) is 73.2 cm³/mol. The van der Waals surface area contributed by atoms with Gasteiger partial charge in [0.05, 0.1) is 0 Å². The van der Waals surface area contributed by atoms with E-state index in [1.54, 1.807) is 18.8 Å². The van der Waals surface area contributed by atoms with Crippen molar-refractivity contribution < 1.29 is 4.79 Å². The molecule has 1 aromatic carbocycles. The topological polar surface area (TPSA) is 41.1 Å². The molecular formula is C13H20N2OS. The Morgan fingerprint density at radius 3 is 2.94 bits per heavy atom. The molecule has 0 unspecified atom stereocenters. The van der Waals surface area contributed by atoms with Crippen LogP contribution >= 0.6 is 11.8 Å². The van der Waals surface area contributed by atoms with Crippen LogP contribution in [0, 0.1) is 0 Å². The Labute approximate surface area is 107 Å². The standard InChI is InChI=1S/C13H20N2OS/c1-3-15-10-11-5-4-6-12(9-11)17-8-7-13(16)14-2/h4-6,9,15H,3,7-8,10H2,1-2H3,(H,14,16). The Balaban J connectivity index is 2.40. The van der Waals surface area contributed by atoms with E-state index >= 15 is 0 Å². The van der Waals surface area contributed by atoms with Crippen molar-refractivity contribution >= 4 is 17.7 Å². The van der Waals surface area contributed by atoms with Gasteiger partial charge >= 0.3 is 0 Å². The van der Waals surface area contributed by atoms with Gasteiger partial charge in [-0.15, -0.1) is 11.8 Å². The Morgan fingerprint density at radius 1 is 1.41 bits per heavy atom. The first-order valence-corrected chi connectivity index (χ1v) is 6.88. The molecule has 0 heterocycles.